The second-order valence-corrected chi connectivity index (χ2v) is 11.7. The molecule has 0 bridgehead atoms. The number of unbranched alkanes of at least 4 members (excludes halogenated alkanes) is 1. The van der Waals surface area contributed by atoms with Crippen LogP contribution in [0.25, 0.3) is 11.1 Å². The van der Waals surface area contributed by atoms with Gasteiger partial charge >= 0.3 is 0 Å². The zero-order chi connectivity index (χ0) is 23.5. The Morgan fingerprint density at radius 1 is 0.906 bits per heavy atom. The first kappa shape index (κ1) is 24.5. The van der Waals surface area contributed by atoms with Crippen molar-refractivity contribution in [3.8, 4) is 11.1 Å². The van der Waals surface area contributed by atoms with Crippen LogP contribution in [0.5, 0.6) is 0 Å². The van der Waals surface area contributed by atoms with Crippen LogP contribution in [0.4, 0.5) is 5.69 Å². The maximum absolute atomic E-state index is 12.3. The number of halogens is 1. The van der Waals surface area contributed by atoms with Gasteiger partial charge in [-0.1, -0.05) is 49.7 Å². The Bertz CT molecular complexity index is 1270. The van der Waals surface area contributed by atoms with Crippen LogP contribution in [-0.2, 0) is 26.6 Å². The lowest BCUT2D eigenvalue weighted by atomic mass is 10.0. The van der Waals surface area contributed by atoms with Crippen LogP contribution in [0.3, 0.4) is 0 Å². The minimum Gasteiger partial charge on any atom is -0.284 e. The number of anilines is 1. The molecule has 0 unspecified atom stereocenters. The van der Waals surface area contributed by atoms with Gasteiger partial charge in [-0.2, -0.15) is 8.42 Å². The lowest BCUT2D eigenvalue weighted by Crippen LogP contribution is -2.16. The van der Waals surface area contributed by atoms with Crippen molar-refractivity contribution in [2.24, 2.45) is 0 Å². The molecule has 1 aromatic rings. The molecule has 2 aliphatic carbocycles. The van der Waals surface area contributed by atoms with E-state index in [0.717, 1.165) is 16.7 Å². The normalized spacial score (nSPS) is 12.4. The minimum atomic E-state index is -4.38. The van der Waals surface area contributed by atoms with Crippen molar-refractivity contribution in [3.63, 3.8) is 0 Å². The summed E-state index contributed by atoms with van der Waals surface area (Å²) in [5, 5.41) is 0.521. The smallest absolute Gasteiger partial charge is 0.284 e. The fourth-order valence-corrected chi connectivity index (χ4v) is 5.62. The van der Waals surface area contributed by atoms with Crippen molar-refractivity contribution >= 4 is 37.4 Å². The molecule has 3 rings (SSSR count). The molecule has 0 fully saturated rings. The predicted octanol–water partition coefficient (Wildman–Crippen LogP) is 5.58. The van der Waals surface area contributed by atoms with Gasteiger partial charge in [0.2, 0.25) is 10.0 Å². The zero-order valence-electron chi connectivity index (χ0n) is 17.9. The van der Waals surface area contributed by atoms with E-state index in [1.54, 1.807) is 30.3 Å². The molecule has 0 saturated heterocycles. The van der Waals surface area contributed by atoms with Crippen LogP contribution in [0, 0.1) is 0 Å². The SMILES string of the molecule is CC(C)c1ccc2c(CCCCS(=O)(=O)Nc3ccc(Cl)cc3)cc(S(=O)(=O)O)c-2cc1. The summed E-state index contributed by atoms with van der Waals surface area (Å²) in [7, 11) is -7.90. The van der Waals surface area contributed by atoms with Crippen molar-refractivity contribution < 1.29 is 21.4 Å². The first-order chi connectivity index (χ1) is 15.0. The molecular formula is C23H26ClNO5S2. The van der Waals surface area contributed by atoms with E-state index in [0.29, 0.717) is 35.5 Å². The molecule has 0 aromatic heterocycles. The molecule has 0 atom stereocenters. The molecule has 6 nitrogen and oxygen atoms in total. The van der Waals surface area contributed by atoms with E-state index in [1.807, 2.05) is 32.0 Å². The molecule has 0 aliphatic heterocycles. The molecule has 0 radical (unpaired) electrons. The van der Waals surface area contributed by atoms with Gasteiger partial charge in [0, 0.05) is 16.3 Å². The molecule has 0 saturated carbocycles. The lowest BCUT2D eigenvalue weighted by Gasteiger charge is -2.08. The van der Waals surface area contributed by atoms with Crippen molar-refractivity contribution in [1.29, 1.82) is 0 Å². The van der Waals surface area contributed by atoms with Gasteiger partial charge in [0.25, 0.3) is 10.1 Å². The number of benzene rings is 1. The van der Waals surface area contributed by atoms with Crippen molar-refractivity contribution in [1.82, 2.24) is 0 Å². The molecule has 32 heavy (non-hydrogen) atoms. The summed E-state index contributed by atoms with van der Waals surface area (Å²) in [6.45, 7) is 4.09. The van der Waals surface area contributed by atoms with Gasteiger partial charge in [-0.3, -0.25) is 9.27 Å². The average molecular weight is 496 g/mol. The highest BCUT2D eigenvalue weighted by Gasteiger charge is 2.23. The van der Waals surface area contributed by atoms with Gasteiger partial charge in [0.15, 0.2) is 0 Å². The molecule has 2 N–H and O–H groups in total. The standard InChI is InChI=1S/C23H26ClNO5S2/c1-16(2)17-6-12-21-18(15-23(32(28,29)30)22(21)13-7-17)5-3-4-14-31(26,27)25-20-10-8-19(24)9-11-20/h6-13,15-16,25H,3-5,14H2,1-2H3,(H,28,29,30). The number of hydrogen-bond acceptors (Lipinski definition) is 4. The third-order valence-electron chi connectivity index (χ3n) is 5.26. The van der Waals surface area contributed by atoms with E-state index in [1.165, 1.54) is 6.07 Å². The number of nitrogens with one attached hydrogen (secondary N) is 1. The molecule has 0 heterocycles. The van der Waals surface area contributed by atoms with Crippen LogP contribution in [-0.4, -0.2) is 27.1 Å². The summed E-state index contributed by atoms with van der Waals surface area (Å²) in [6.07, 6.45) is 1.43. The summed E-state index contributed by atoms with van der Waals surface area (Å²) >= 11 is 5.82. The fraction of sp³-hybridized carbons (Fsp3) is 0.304. The predicted molar refractivity (Wildman–Crippen MR) is 129 cm³/mol. The van der Waals surface area contributed by atoms with Crippen molar-refractivity contribution in [2.75, 3.05) is 10.5 Å². The molecule has 1 aromatic carbocycles. The van der Waals surface area contributed by atoms with Gasteiger partial charge in [-0.15, -0.1) is 0 Å². The Morgan fingerprint density at radius 2 is 1.53 bits per heavy atom. The van der Waals surface area contributed by atoms with E-state index in [4.69, 9.17) is 11.6 Å². The fourth-order valence-electron chi connectivity index (χ4n) is 3.56. The van der Waals surface area contributed by atoms with E-state index in [-0.39, 0.29) is 16.6 Å². The topological polar surface area (TPSA) is 101 Å². The van der Waals surface area contributed by atoms with Crippen LogP contribution in [0.2, 0.25) is 5.02 Å². The maximum Gasteiger partial charge on any atom is 0.295 e. The third-order valence-corrected chi connectivity index (χ3v) is 7.78. The largest absolute Gasteiger partial charge is 0.295 e. The molecule has 2 aliphatic rings. The Kier molecular flexibility index (Phi) is 7.50. The van der Waals surface area contributed by atoms with Gasteiger partial charge < -0.3 is 0 Å². The van der Waals surface area contributed by atoms with Crippen LogP contribution in [0.1, 0.15) is 43.7 Å². The Morgan fingerprint density at radius 3 is 2.12 bits per heavy atom. The van der Waals surface area contributed by atoms with Gasteiger partial charge in [0.1, 0.15) is 4.90 Å². The summed E-state index contributed by atoms with van der Waals surface area (Å²) in [5.74, 6) is 0.201. The molecule has 9 heteroatoms. The van der Waals surface area contributed by atoms with Crippen LogP contribution >= 0.6 is 11.6 Å². The van der Waals surface area contributed by atoms with E-state index in [2.05, 4.69) is 4.72 Å². The maximum atomic E-state index is 12.3. The summed E-state index contributed by atoms with van der Waals surface area (Å²) in [6, 6.07) is 15.3. The quantitative estimate of drug-likeness (QED) is 0.298. The van der Waals surface area contributed by atoms with Crippen LogP contribution < -0.4 is 4.72 Å². The Hall–Kier alpha value is -2.13. The number of aryl methyl sites for hydroxylation is 1. The molecule has 172 valence electrons. The average Bonchev–Trinajstić information content (AvgIpc) is 2.90. The Balaban J connectivity index is 1.72. The first-order valence-corrected chi connectivity index (χ1v) is 13.7. The Labute approximate surface area is 194 Å². The molecule has 0 spiro atoms. The highest BCUT2D eigenvalue weighted by atomic mass is 35.5. The highest BCUT2D eigenvalue weighted by Crippen LogP contribution is 2.36. The van der Waals surface area contributed by atoms with Crippen LogP contribution in [0.15, 0.2) is 59.5 Å². The van der Waals surface area contributed by atoms with E-state index >= 15 is 0 Å². The second kappa shape index (κ2) is 9.79. The lowest BCUT2D eigenvalue weighted by molar-refractivity contribution is 0.483. The van der Waals surface area contributed by atoms with Gasteiger partial charge in [0.05, 0.1) is 5.75 Å². The van der Waals surface area contributed by atoms with Crippen molar-refractivity contribution in [3.05, 3.63) is 70.7 Å². The minimum absolute atomic E-state index is 0.0648. The van der Waals surface area contributed by atoms with E-state index < -0.39 is 20.1 Å². The van der Waals surface area contributed by atoms with Gasteiger partial charge in [-0.05, 0) is 72.2 Å². The first-order valence-electron chi connectivity index (χ1n) is 10.3. The van der Waals surface area contributed by atoms with E-state index in [9.17, 15) is 21.4 Å². The number of hydrogen-bond donors (Lipinski definition) is 2. The zero-order valence-corrected chi connectivity index (χ0v) is 20.3. The summed E-state index contributed by atoms with van der Waals surface area (Å²) < 4.78 is 60.6. The number of fused-ring (bicyclic) bond motifs is 1. The number of sulfonamides is 1. The molecular weight excluding hydrogens is 470 g/mol. The summed E-state index contributed by atoms with van der Waals surface area (Å²) in [5.41, 5.74) is 3.47. The van der Waals surface area contributed by atoms with Gasteiger partial charge in [-0.25, -0.2) is 8.42 Å². The second-order valence-electron chi connectivity index (χ2n) is 8.04. The molecule has 0 amide bonds. The monoisotopic (exact) mass is 495 g/mol. The summed E-state index contributed by atoms with van der Waals surface area (Å²) in [4.78, 5) is -0.120. The van der Waals surface area contributed by atoms with Crippen molar-refractivity contribution in [2.45, 2.75) is 43.9 Å². The third kappa shape index (κ3) is 6.22. The number of rotatable bonds is 9. The highest BCUT2D eigenvalue weighted by molar-refractivity contribution is 7.92.